The molecule has 0 unspecified atom stereocenters. The van der Waals surface area contributed by atoms with E-state index in [1.54, 1.807) is 24.3 Å². The Morgan fingerprint density at radius 1 is 0.870 bits per heavy atom. The number of aliphatic hydroxyl groups is 1. The number of hydrogen-bond donors (Lipinski definition) is 1. The molecule has 11 heteroatoms. The van der Waals surface area contributed by atoms with Gasteiger partial charge in [0.25, 0.3) is 5.78 Å². The molecule has 0 bridgehead atoms. The summed E-state index contributed by atoms with van der Waals surface area (Å²) in [4.78, 5) is 28.6. The second kappa shape index (κ2) is 16.1. The van der Waals surface area contributed by atoms with Crippen molar-refractivity contribution in [1.29, 1.82) is 0 Å². The number of ketones is 1. The number of aliphatic hydroxyl groups excluding tert-OH is 1. The molecule has 1 fully saturated rings. The predicted octanol–water partition coefficient (Wildman–Crippen LogP) is 8.86. The molecule has 1 amide bonds. The maximum Gasteiger partial charge on any atom is 0.301 e. The van der Waals surface area contributed by atoms with E-state index in [1.807, 2.05) is 48.5 Å². The van der Waals surface area contributed by atoms with E-state index in [9.17, 15) is 14.7 Å². The van der Waals surface area contributed by atoms with Crippen LogP contribution in [0.2, 0.25) is 5.02 Å². The Kier molecular flexibility index (Phi) is 11.7. The Hall–Kier alpha value is -3.86. The normalized spacial score (nSPS) is 15.8. The molecule has 1 aromatic heterocycles. The number of benzene rings is 3. The van der Waals surface area contributed by atoms with E-state index in [2.05, 4.69) is 24.0 Å². The molecular formula is C35H36ClN3O5S2. The molecule has 5 rings (SSSR count). The van der Waals surface area contributed by atoms with Crippen molar-refractivity contribution in [2.24, 2.45) is 0 Å². The first-order valence-corrected chi connectivity index (χ1v) is 17.5. The first-order valence-electron chi connectivity index (χ1n) is 15.4. The molecule has 1 aliphatic heterocycles. The zero-order chi connectivity index (χ0) is 32.5. The summed E-state index contributed by atoms with van der Waals surface area (Å²) in [6, 6.07) is 20.7. The molecule has 1 saturated heterocycles. The lowest BCUT2D eigenvalue weighted by molar-refractivity contribution is -0.132. The molecule has 8 nitrogen and oxygen atoms in total. The number of rotatable bonds is 15. The first-order chi connectivity index (χ1) is 22.4. The fraction of sp³-hybridized carbons (Fsp3) is 0.314. The zero-order valence-electron chi connectivity index (χ0n) is 25.8. The van der Waals surface area contributed by atoms with Crippen molar-refractivity contribution in [3.8, 4) is 11.5 Å². The molecular weight excluding hydrogens is 642 g/mol. The van der Waals surface area contributed by atoms with Crippen LogP contribution < -0.4 is 14.4 Å². The van der Waals surface area contributed by atoms with E-state index in [0.29, 0.717) is 51.0 Å². The summed E-state index contributed by atoms with van der Waals surface area (Å²) in [6.45, 7) is 5.42. The van der Waals surface area contributed by atoms with Crippen LogP contribution in [0.15, 0.2) is 82.7 Å². The van der Waals surface area contributed by atoms with Crippen LogP contribution >= 0.6 is 34.7 Å². The number of anilines is 1. The van der Waals surface area contributed by atoms with Gasteiger partial charge in [0.2, 0.25) is 5.13 Å². The number of Topliss-reactive ketones (excluding diaryl/α,β-unsaturated/α-hetero) is 1. The van der Waals surface area contributed by atoms with Crippen LogP contribution in [0.25, 0.3) is 5.76 Å². The second-order valence-corrected chi connectivity index (χ2v) is 13.4. The number of halogens is 1. The third kappa shape index (κ3) is 8.10. The molecule has 1 N–H and O–H groups in total. The van der Waals surface area contributed by atoms with Crippen molar-refractivity contribution in [1.82, 2.24) is 10.2 Å². The van der Waals surface area contributed by atoms with Crippen LogP contribution in [-0.2, 0) is 15.3 Å². The molecule has 2 heterocycles. The summed E-state index contributed by atoms with van der Waals surface area (Å²) in [7, 11) is 0. The number of nitrogens with zero attached hydrogens (tertiary/aromatic N) is 3. The molecule has 1 atom stereocenters. The highest BCUT2D eigenvalue weighted by molar-refractivity contribution is 8.00. The average Bonchev–Trinajstić information content (AvgIpc) is 3.65. The average molecular weight is 678 g/mol. The lowest BCUT2D eigenvalue weighted by atomic mass is 9.95. The summed E-state index contributed by atoms with van der Waals surface area (Å²) in [5, 5.41) is 21.1. The lowest BCUT2D eigenvalue weighted by Gasteiger charge is -2.22. The summed E-state index contributed by atoms with van der Waals surface area (Å²) in [5.74, 6) is 0.132. The Bertz CT molecular complexity index is 1660. The highest BCUT2D eigenvalue weighted by Crippen LogP contribution is 2.44. The lowest BCUT2D eigenvalue weighted by Crippen LogP contribution is -2.29. The summed E-state index contributed by atoms with van der Waals surface area (Å²) >= 11 is 8.70. The number of amides is 1. The number of hydrogen-bond acceptors (Lipinski definition) is 9. The van der Waals surface area contributed by atoms with Crippen LogP contribution in [0.3, 0.4) is 0 Å². The van der Waals surface area contributed by atoms with E-state index in [1.165, 1.54) is 28.0 Å². The summed E-state index contributed by atoms with van der Waals surface area (Å²) in [6.07, 6.45) is 5.08. The molecule has 0 saturated carbocycles. The molecule has 0 radical (unpaired) electrons. The van der Waals surface area contributed by atoms with Crippen molar-refractivity contribution in [2.45, 2.75) is 62.1 Å². The number of thioether (sulfide) groups is 1. The number of ether oxygens (including phenoxy) is 2. The minimum Gasteiger partial charge on any atom is -0.507 e. The van der Waals surface area contributed by atoms with Gasteiger partial charge in [-0.2, -0.15) is 0 Å². The van der Waals surface area contributed by atoms with Crippen molar-refractivity contribution >= 4 is 57.3 Å². The van der Waals surface area contributed by atoms with Gasteiger partial charge >= 0.3 is 5.91 Å². The second-order valence-electron chi connectivity index (χ2n) is 10.8. The van der Waals surface area contributed by atoms with Crippen molar-refractivity contribution < 1.29 is 24.2 Å². The van der Waals surface area contributed by atoms with Crippen LogP contribution in [0, 0.1) is 0 Å². The van der Waals surface area contributed by atoms with Gasteiger partial charge in [-0.25, -0.2) is 0 Å². The molecule has 46 heavy (non-hydrogen) atoms. The third-order valence-corrected chi connectivity index (χ3v) is 9.81. The van der Waals surface area contributed by atoms with Gasteiger partial charge in [-0.15, -0.1) is 10.2 Å². The Labute approximate surface area is 282 Å². The number of unbranched alkanes of at least 4 members (excludes halogenated alkanes) is 3. The summed E-state index contributed by atoms with van der Waals surface area (Å²) < 4.78 is 12.3. The molecule has 1 aliphatic rings. The Balaban J connectivity index is 1.46. The van der Waals surface area contributed by atoms with Crippen LogP contribution in [0.4, 0.5) is 5.13 Å². The van der Waals surface area contributed by atoms with Gasteiger partial charge < -0.3 is 14.6 Å². The van der Waals surface area contributed by atoms with Gasteiger partial charge in [0.1, 0.15) is 17.3 Å². The van der Waals surface area contributed by atoms with Crippen LogP contribution in [-0.4, -0.2) is 40.2 Å². The van der Waals surface area contributed by atoms with E-state index >= 15 is 0 Å². The SMILES string of the molecule is CCCCCOc1ccc([C@@H]2C(=C(O)c3ccc(OCCCC)cc3)C(=O)C(=O)N2c2nnc(SCc3ccc(Cl)cc3)s2)cc1. The van der Waals surface area contributed by atoms with Crippen molar-refractivity contribution in [3.63, 3.8) is 0 Å². The highest BCUT2D eigenvalue weighted by atomic mass is 35.5. The largest absolute Gasteiger partial charge is 0.507 e. The van der Waals surface area contributed by atoms with E-state index in [-0.39, 0.29) is 16.5 Å². The third-order valence-electron chi connectivity index (χ3n) is 7.43. The Morgan fingerprint density at radius 3 is 2.15 bits per heavy atom. The van der Waals surface area contributed by atoms with Gasteiger partial charge in [0.05, 0.1) is 24.8 Å². The van der Waals surface area contributed by atoms with Crippen molar-refractivity contribution in [2.75, 3.05) is 18.1 Å². The van der Waals surface area contributed by atoms with Gasteiger partial charge in [0, 0.05) is 16.3 Å². The monoisotopic (exact) mass is 677 g/mol. The molecule has 0 aliphatic carbocycles. The fourth-order valence-electron chi connectivity index (χ4n) is 4.92. The quantitative estimate of drug-likeness (QED) is 0.0333. The maximum atomic E-state index is 13.6. The predicted molar refractivity (Wildman–Crippen MR) is 184 cm³/mol. The van der Waals surface area contributed by atoms with Gasteiger partial charge in [-0.3, -0.25) is 14.5 Å². The Morgan fingerprint density at radius 2 is 1.50 bits per heavy atom. The van der Waals surface area contributed by atoms with Gasteiger partial charge in [-0.1, -0.05) is 92.1 Å². The van der Waals surface area contributed by atoms with E-state index in [0.717, 1.165) is 37.7 Å². The molecule has 3 aromatic carbocycles. The molecule has 240 valence electrons. The fourth-order valence-corrected chi connectivity index (χ4v) is 6.87. The zero-order valence-corrected chi connectivity index (χ0v) is 28.2. The maximum absolute atomic E-state index is 13.6. The van der Waals surface area contributed by atoms with E-state index in [4.69, 9.17) is 21.1 Å². The molecule has 0 spiro atoms. The van der Waals surface area contributed by atoms with Gasteiger partial charge in [0.15, 0.2) is 4.34 Å². The van der Waals surface area contributed by atoms with Crippen molar-refractivity contribution in [3.05, 3.63) is 100 Å². The smallest absolute Gasteiger partial charge is 0.301 e. The molecule has 4 aromatic rings. The number of carbonyl (C=O) groups excluding carboxylic acids is 2. The number of aromatic nitrogens is 2. The minimum atomic E-state index is -0.920. The standard InChI is InChI=1S/C35H36ClN3O5S2/c1-3-5-7-21-44-27-16-10-24(11-17-27)30-29(31(40)25-12-18-28(19-13-25)43-20-6-4-2)32(41)33(42)39(30)34-37-38-35(46-34)45-22-23-8-14-26(36)15-9-23/h8-19,30,40H,3-7,20-22H2,1-2H3/t30-/m1/s1. The minimum absolute atomic E-state index is 0.0215. The highest BCUT2D eigenvalue weighted by Gasteiger charge is 2.48. The topological polar surface area (TPSA) is 102 Å². The first kappa shape index (κ1) is 33.5. The summed E-state index contributed by atoms with van der Waals surface area (Å²) in [5.41, 5.74) is 2.07. The van der Waals surface area contributed by atoms with Crippen LogP contribution in [0.1, 0.15) is 68.7 Å². The van der Waals surface area contributed by atoms with Crippen LogP contribution in [0.5, 0.6) is 11.5 Å². The van der Waals surface area contributed by atoms with E-state index < -0.39 is 17.7 Å². The van der Waals surface area contributed by atoms with Gasteiger partial charge in [-0.05, 0) is 72.5 Å². The number of carbonyl (C=O) groups is 2.